The number of ether oxygens (including phenoxy) is 1. The zero-order valence-electron chi connectivity index (χ0n) is 12.4. The largest absolute Gasteiger partial charge is 0.444 e. The lowest BCUT2D eigenvalue weighted by Gasteiger charge is -2.33. The molecule has 1 saturated carbocycles. The lowest BCUT2D eigenvalue weighted by Crippen LogP contribution is -2.42. The first-order chi connectivity index (χ1) is 8.90. The maximum atomic E-state index is 11.9. The molecular weight excluding hydrogens is 242 g/mol. The van der Waals surface area contributed by atoms with Gasteiger partial charge in [-0.05, 0) is 64.2 Å². The van der Waals surface area contributed by atoms with Gasteiger partial charge in [-0.15, -0.1) is 0 Å². The van der Waals surface area contributed by atoms with E-state index in [0.29, 0.717) is 6.61 Å². The molecule has 1 N–H and O–H groups in total. The Labute approximate surface area is 116 Å². The van der Waals surface area contributed by atoms with Crippen molar-refractivity contribution in [2.24, 2.45) is 17.8 Å². The fourth-order valence-electron chi connectivity index (χ4n) is 3.18. The van der Waals surface area contributed by atoms with E-state index in [9.17, 15) is 4.79 Å². The molecule has 0 spiro atoms. The van der Waals surface area contributed by atoms with E-state index in [-0.39, 0.29) is 6.09 Å². The molecule has 4 nitrogen and oxygen atoms in total. The molecule has 110 valence electrons. The van der Waals surface area contributed by atoms with Crippen LogP contribution in [0.3, 0.4) is 0 Å². The molecule has 1 saturated heterocycles. The zero-order chi connectivity index (χ0) is 14.0. The van der Waals surface area contributed by atoms with Crippen molar-refractivity contribution in [1.82, 2.24) is 4.90 Å². The van der Waals surface area contributed by atoms with Gasteiger partial charge in [0.1, 0.15) is 5.60 Å². The summed E-state index contributed by atoms with van der Waals surface area (Å²) in [6, 6.07) is 0. The third-order valence-electron chi connectivity index (χ3n) is 4.27. The van der Waals surface area contributed by atoms with Crippen molar-refractivity contribution >= 4 is 6.09 Å². The molecule has 0 aromatic rings. The van der Waals surface area contributed by atoms with E-state index in [1.165, 1.54) is 6.42 Å². The lowest BCUT2D eigenvalue weighted by molar-refractivity contribution is 0.0174. The van der Waals surface area contributed by atoms with Crippen molar-refractivity contribution in [3.8, 4) is 0 Å². The van der Waals surface area contributed by atoms with Gasteiger partial charge in [0.15, 0.2) is 0 Å². The van der Waals surface area contributed by atoms with Crippen LogP contribution in [0.5, 0.6) is 0 Å². The van der Waals surface area contributed by atoms with Gasteiger partial charge in [-0.1, -0.05) is 0 Å². The topological polar surface area (TPSA) is 49.8 Å². The van der Waals surface area contributed by atoms with Crippen molar-refractivity contribution < 1.29 is 14.6 Å². The molecule has 1 amide bonds. The standard InChI is InChI=1S/C15H27NO3/c1-15(2,3)19-14(18)16-7-4-11(5-8-16)13-10-12(13)6-9-17/h11-13,17H,4-10H2,1-3H3/t12-,13+/m0/s1. The average molecular weight is 269 g/mol. The molecule has 0 bridgehead atoms. The molecule has 0 radical (unpaired) electrons. The smallest absolute Gasteiger partial charge is 0.410 e. The Morgan fingerprint density at radius 2 is 1.95 bits per heavy atom. The Morgan fingerprint density at radius 3 is 2.47 bits per heavy atom. The van der Waals surface area contributed by atoms with Crippen LogP contribution in [0.25, 0.3) is 0 Å². The van der Waals surface area contributed by atoms with Crippen LogP contribution in [0.1, 0.15) is 46.5 Å². The number of rotatable bonds is 3. The molecule has 2 fully saturated rings. The minimum atomic E-state index is -0.406. The molecular formula is C15H27NO3. The van der Waals surface area contributed by atoms with Crippen molar-refractivity contribution in [1.29, 1.82) is 0 Å². The van der Waals surface area contributed by atoms with Crippen LogP contribution in [-0.2, 0) is 4.74 Å². The van der Waals surface area contributed by atoms with E-state index in [1.54, 1.807) is 0 Å². The van der Waals surface area contributed by atoms with Gasteiger partial charge < -0.3 is 14.7 Å². The van der Waals surface area contributed by atoms with Crippen LogP contribution in [-0.4, -0.2) is 41.4 Å². The van der Waals surface area contributed by atoms with Gasteiger partial charge in [0.2, 0.25) is 0 Å². The Kier molecular flexibility index (Phi) is 4.39. The van der Waals surface area contributed by atoms with Crippen LogP contribution in [0.15, 0.2) is 0 Å². The summed E-state index contributed by atoms with van der Waals surface area (Å²) in [6.07, 6.45) is 4.24. The molecule has 1 aliphatic carbocycles. The van der Waals surface area contributed by atoms with Crippen molar-refractivity contribution in [2.75, 3.05) is 19.7 Å². The van der Waals surface area contributed by atoms with Gasteiger partial charge in [0, 0.05) is 19.7 Å². The van der Waals surface area contributed by atoms with E-state index >= 15 is 0 Å². The Balaban J connectivity index is 1.72. The Hall–Kier alpha value is -0.770. The normalized spacial score (nSPS) is 28.3. The monoisotopic (exact) mass is 269 g/mol. The van der Waals surface area contributed by atoms with Gasteiger partial charge in [0.25, 0.3) is 0 Å². The van der Waals surface area contributed by atoms with Crippen LogP contribution in [0, 0.1) is 17.8 Å². The zero-order valence-corrected chi connectivity index (χ0v) is 12.4. The van der Waals surface area contributed by atoms with E-state index in [4.69, 9.17) is 9.84 Å². The highest BCUT2D eigenvalue weighted by molar-refractivity contribution is 5.68. The number of piperidine rings is 1. The van der Waals surface area contributed by atoms with Crippen molar-refractivity contribution in [3.63, 3.8) is 0 Å². The van der Waals surface area contributed by atoms with Crippen LogP contribution in [0.4, 0.5) is 4.79 Å². The molecule has 2 atom stereocenters. The summed E-state index contributed by atoms with van der Waals surface area (Å²) in [4.78, 5) is 13.8. The predicted molar refractivity (Wildman–Crippen MR) is 73.8 cm³/mol. The van der Waals surface area contributed by atoms with E-state index in [0.717, 1.165) is 50.1 Å². The second-order valence-corrected chi connectivity index (χ2v) is 6.98. The summed E-state index contributed by atoms with van der Waals surface area (Å²) in [7, 11) is 0. The van der Waals surface area contributed by atoms with Gasteiger partial charge in [-0.3, -0.25) is 0 Å². The summed E-state index contributed by atoms with van der Waals surface area (Å²) in [6.45, 7) is 7.67. The first kappa shape index (κ1) is 14.6. The number of hydrogen-bond acceptors (Lipinski definition) is 3. The molecule has 1 aliphatic heterocycles. The number of aliphatic hydroxyl groups is 1. The minimum Gasteiger partial charge on any atom is -0.444 e. The van der Waals surface area contributed by atoms with Gasteiger partial charge in [-0.2, -0.15) is 0 Å². The maximum absolute atomic E-state index is 11.9. The fraction of sp³-hybridized carbons (Fsp3) is 0.933. The Bertz CT molecular complexity index is 316. The highest BCUT2D eigenvalue weighted by Gasteiger charge is 2.43. The number of aliphatic hydroxyl groups excluding tert-OH is 1. The summed E-state index contributed by atoms with van der Waals surface area (Å²) >= 11 is 0. The third kappa shape index (κ3) is 4.10. The second kappa shape index (κ2) is 5.70. The summed E-state index contributed by atoms with van der Waals surface area (Å²) in [5.41, 5.74) is -0.406. The van der Waals surface area contributed by atoms with E-state index < -0.39 is 5.60 Å². The van der Waals surface area contributed by atoms with Crippen molar-refractivity contribution in [3.05, 3.63) is 0 Å². The van der Waals surface area contributed by atoms with Crippen LogP contribution in [0.2, 0.25) is 0 Å². The predicted octanol–water partition coefficient (Wildman–Crippen LogP) is 2.65. The van der Waals surface area contributed by atoms with Crippen LogP contribution < -0.4 is 0 Å². The number of likely N-dealkylation sites (tertiary alicyclic amines) is 1. The average Bonchev–Trinajstić information content (AvgIpc) is 3.07. The second-order valence-electron chi connectivity index (χ2n) is 6.98. The quantitative estimate of drug-likeness (QED) is 0.857. The maximum Gasteiger partial charge on any atom is 0.410 e. The van der Waals surface area contributed by atoms with Gasteiger partial charge in [0.05, 0.1) is 0 Å². The number of nitrogens with zero attached hydrogens (tertiary/aromatic N) is 1. The molecule has 2 aliphatic rings. The lowest BCUT2D eigenvalue weighted by atomic mass is 9.91. The van der Waals surface area contributed by atoms with E-state index in [2.05, 4.69) is 0 Å². The molecule has 19 heavy (non-hydrogen) atoms. The van der Waals surface area contributed by atoms with Gasteiger partial charge >= 0.3 is 6.09 Å². The molecule has 0 aromatic carbocycles. The first-order valence-corrected chi connectivity index (χ1v) is 7.49. The fourth-order valence-corrected chi connectivity index (χ4v) is 3.18. The molecule has 1 heterocycles. The molecule has 0 aromatic heterocycles. The van der Waals surface area contributed by atoms with E-state index in [1.807, 2.05) is 25.7 Å². The molecule has 2 rings (SSSR count). The SMILES string of the molecule is CC(C)(C)OC(=O)N1CCC([C@H]2C[C@@H]2CCO)CC1. The highest BCUT2D eigenvalue weighted by atomic mass is 16.6. The number of amides is 1. The van der Waals surface area contributed by atoms with Crippen molar-refractivity contribution in [2.45, 2.75) is 52.1 Å². The van der Waals surface area contributed by atoms with Gasteiger partial charge in [-0.25, -0.2) is 4.79 Å². The third-order valence-corrected chi connectivity index (χ3v) is 4.27. The number of carbonyl (C=O) groups is 1. The summed E-state index contributed by atoms with van der Waals surface area (Å²) in [5, 5.41) is 8.95. The Morgan fingerprint density at radius 1 is 1.32 bits per heavy atom. The summed E-state index contributed by atoms with van der Waals surface area (Å²) in [5.74, 6) is 2.28. The highest BCUT2D eigenvalue weighted by Crippen LogP contribution is 2.49. The number of carbonyl (C=O) groups excluding carboxylic acids is 1. The molecule has 4 heteroatoms. The number of hydrogen-bond donors (Lipinski definition) is 1. The molecule has 0 unspecified atom stereocenters. The first-order valence-electron chi connectivity index (χ1n) is 7.49. The van der Waals surface area contributed by atoms with Crippen LogP contribution >= 0.6 is 0 Å². The summed E-state index contributed by atoms with van der Waals surface area (Å²) < 4.78 is 5.40. The minimum absolute atomic E-state index is 0.173.